The van der Waals surface area contributed by atoms with E-state index in [4.69, 9.17) is 4.84 Å². The Kier molecular flexibility index (Phi) is 2.25. The first-order valence-corrected chi connectivity index (χ1v) is 3.46. The number of carbonyl (C=O) groups excluding carboxylic acids is 1. The van der Waals surface area contributed by atoms with Crippen LogP contribution in [-0.2, 0) is 11.8 Å². The van der Waals surface area contributed by atoms with Crippen molar-refractivity contribution < 1.29 is 14.2 Å². The first kappa shape index (κ1) is 7.78. The van der Waals surface area contributed by atoms with Gasteiger partial charge < -0.3 is 0 Å². The lowest BCUT2D eigenvalue weighted by atomic mass is 10.5. The van der Waals surface area contributed by atoms with Crippen molar-refractivity contribution >= 4 is 5.97 Å². The van der Waals surface area contributed by atoms with Crippen LogP contribution < -0.4 is 9.40 Å². The Bertz CT molecular complexity index is 255. The molecule has 1 aromatic rings. The van der Waals surface area contributed by atoms with Crippen LogP contribution in [0.15, 0.2) is 18.7 Å². The van der Waals surface area contributed by atoms with E-state index in [0.717, 1.165) is 0 Å². The topological polar surface area (TPSA) is 35.1 Å². The smallest absolute Gasteiger partial charge is 0.258 e. The summed E-state index contributed by atoms with van der Waals surface area (Å²) in [5.41, 5.74) is 0. The number of aromatic nitrogens is 2. The Labute approximate surface area is 65.0 Å². The summed E-state index contributed by atoms with van der Waals surface area (Å²) in [6, 6.07) is 0. The maximum atomic E-state index is 10.7. The second kappa shape index (κ2) is 3.18. The average Bonchev–Trinajstić information content (AvgIpc) is 2.35. The predicted molar refractivity (Wildman–Crippen MR) is 37.5 cm³/mol. The van der Waals surface area contributed by atoms with E-state index in [0.29, 0.717) is 6.42 Å². The van der Waals surface area contributed by atoms with Gasteiger partial charge in [-0.05, 0) is 4.73 Å². The Balaban J connectivity index is 2.57. The molecule has 0 saturated carbocycles. The van der Waals surface area contributed by atoms with Crippen LogP contribution in [0.5, 0.6) is 0 Å². The van der Waals surface area contributed by atoms with Crippen molar-refractivity contribution in [3.05, 3.63) is 18.7 Å². The number of rotatable bonds is 2. The quantitative estimate of drug-likeness (QED) is 0.548. The molecule has 4 nitrogen and oxygen atoms in total. The Morgan fingerprint density at radius 2 is 2.45 bits per heavy atom. The van der Waals surface area contributed by atoms with Gasteiger partial charge in [0.05, 0.1) is 7.05 Å². The van der Waals surface area contributed by atoms with Gasteiger partial charge in [-0.3, -0.25) is 4.84 Å². The van der Waals surface area contributed by atoms with Gasteiger partial charge in [-0.25, -0.2) is 9.36 Å². The van der Waals surface area contributed by atoms with E-state index in [1.54, 1.807) is 30.2 Å². The lowest BCUT2D eigenvalue weighted by Gasteiger charge is -1.92. The number of nitrogens with zero attached hydrogens (tertiary/aromatic N) is 2. The summed E-state index contributed by atoms with van der Waals surface area (Å²) in [5.74, 6) is -0.235. The van der Waals surface area contributed by atoms with Gasteiger partial charge in [0.25, 0.3) is 6.33 Å². The average molecular weight is 155 g/mol. The van der Waals surface area contributed by atoms with E-state index < -0.39 is 0 Å². The molecule has 0 spiro atoms. The van der Waals surface area contributed by atoms with E-state index >= 15 is 0 Å². The van der Waals surface area contributed by atoms with E-state index in [9.17, 15) is 4.79 Å². The summed E-state index contributed by atoms with van der Waals surface area (Å²) in [7, 11) is 1.86. The fraction of sp³-hybridized carbons (Fsp3) is 0.429. The molecule has 0 radical (unpaired) electrons. The minimum absolute atomic E-state index is 0.235. The summed E-state index contributed by atoms with van der Waals surface area (Å²) < 4.78 is 3.18. The fourth-order valence-electron chi connectivity index (χ4n) is 0.663. The van der Waals surface area contributed by atoms with Crippen LogP contribution >= 0.6 is 0 Å². The fourth-order valence-corrected chi connectivity index (χ4v) is 0.663. The second-order valence-electron chi connectivity index (χ2n) is 2.26. The molecule has 1 rings (SSSR count). The molecule has 0 N–H and O–H groups in total. The lowest BCUT2D eigenvalue weighted by Crippen LogP contribution is -2.26. The zero-order valence-electron chi connectivity index (χ0n) is 6.65. The SMILES string of the molecule is CCC(=O)On1cc[n+](C)c1. The zero-order valence-corrected chi connectivity index (χ0v) is 6.65. The van der Waals surface area contributed by atoms with Gasteiger partial charge >= 0.3 is 5.97 Å². The molecule has 4 heteroatoms. The third-order valence-electron chi connectivity index (χ3n) is 1.24. The van der Waals surface area contributed by atoms with Gasteiger partial charge in [0.2, 0.25) is 0 Å². The Morgan fingerprint density at radius 3 is 2.91 bits per heavy atom. The third kappa shape index (κ3) is 2.07. The van der Waals surface area contributed by atoms with Gasteiger partial charge in [-0.1, -0.05) is 6.92 Å². The third-order valence-corrected chi connectivity index (χ3v) is 1.24. The van der Waals surface area contributed by atoms with Gasteiger partial charge in [-0.15, -0.1) is 0 Å². The minimum Gasteiger partial charge on any atom is -0.258 e. The first-order valence-electron chi connectivity index (χ1n) is 3.46. The number of hydrogen-bond acceptors (Lipinski definition) is 2. The molecule has 0 unspecified atom stereocenters. The van der Waals surface area contributed by atoms with Crippen LogP contribution in [0.2, 0.25) is 0 Å². The summed E-state index contributed by atoms with van der Waals surface area (Å²) in [4.78, 5) is 15.6. The predicted octanol–water partition coefficient (Wildman–Crippen LogP) is -0.322. The van der Waals surface area contributed by atoms with Gasteiger partial charge in [-0.2, -0.15) is 0 Å². The second-order valence-corrected chi connectivity index (χ2v) is 2.26. The van der Waals surface area contributed by atoms with Gasteiger partial charge in [0.15, 0.2) is 6.20 Å². The zero-order chi connectivity index (χ0) is 8.27. The lowest BCUT2D eigenvalue weighted by molar-refractivity contribution is -0.671. The molecule has 0 atom stereocenters. The highest BCUT2D eigenvalue weighted by atomic mass is 16.7. The molecule has 0 bridgehead atoms. The standard InChI is InChI=1S/C7H11N2O2/c1-3-7(10)11-9-5-4-8(2)6-9/h4-6H,3H2,1-2H3/q+1. The summed E-state index contributed by atoms with van der Waals surface area (Å²) >= 11 is 0. The molecule has 60 valence electrons. The highest BCUT2D eigenvalue weighted by Gasteiger charge is 2.05. The van der Waals surface area contributed by atoms with Crippen molar-refractivity contribution in [2.75, 3.05) is 0 Å². The number of hydrogen-bond donors (Lipinski definition) is 0. The van der Waals surface area contributed by atoms with Crippen LogP contribution in [-0.4, -0.2) is 10.7 Å². The summed E-state index contributed by atoms with van der Waals surface area (Å²) in [5, 5.41) is 0. The highest BCUT2D eigenvalue weighted by molar-refractivity contribution is 5.69. The molecule has 0 aliphatic carbocycles. The number of carbonyl (C=O) groups is 1. The maximum absolute atomic E-state index is 10.7. The van der Waals surface area contributed by atoms with Gasteiger partial charge in [0, 0.05) is 6.42 Å². The Hall–Kier alpha value is -1.32. The van der Waals surface area contributed by atoms with Crippen LogP contribution in [0.1, 0.15) is 13.3 Å². The summed E-state index contributed by atoms with van der Waals surface area (Å²) in [6.45, 7) is 1.76. The van der Waals surface area contributed by atoms with Crippen LogP contribution in [0, 0.1) is 0 Å². The van der Waals surface area contributed by atoms with E-state index in [-0.39, 0.29) is 5.97 Å². The molecule has 0 aromatic carbocycles. The molecule has 0 saturated heterocycles. The van der Waals surface area contributed by atoms with Crippen molar-refractivity contribution in [3.8, 4) is 0 Å². The maximum Gasteiger partial charge on any atom is 0.357 e. The van der Waals surface area contributed by atoms with Crippen molar-refractivity contribution in [3.63, 3.8) is 0 Å². The number of aryl methyl sites for hydroxylation is 1. The molecule has 0 amide bonds. The molecule has 11 heavy (non-hydrogen) atoms. The van der Waals surface area contributed by atoms with Gasteiger partial charge in [0.1, 0.15) is 6.20 Å². The molecule has 1 aromatic heterocycles. The van der Waals surface area contributed by atoms with E-state index in [1.165, 1.54) is 4.73 Å². The molecular weight excluding hydrogens is 144 g/mol. The monoisotopic (exact) mass is 155 g/mol. The first-order chi connectivity index (χ1) is 5.22. The van der Waals surface area contributed by atoms with Crippen molar-refractivity contribution in [1.29, 1.82) is 0 Å². The van der Waals surface area contributed by atoms with E-state index in [1.807, 2.05) is 7.05 Å². The molecule has 0 fully saturated rings. The Morgan fingerprint density at radius 1 is 1.73 bits per heavy atom. The minimum atomic E-state index is -0.235. The van der Waals surface area contributed by atoms with Crippen LogP contribution in [0.3, 0.4) is 0 Å². The van der Waals surface area contributed by atoms with Crippen LogP contribution in [0.4, 0.5) is 0 Å². The van der Waals surface area contributed by atoms with Crippen LogP contribution in [0.25, 0.3) is 0 Å². The normalized spacial score (nSPS) is 9.64. The molecular formula is C7H11N2O2+. The van der Waals surface area contributed by atoms with Crippen molar-refractivity contribution in [2.45, 2.75) is 13.3 Å². The molecule has 0 aliphatic rings. The summed E-state index contributed by atoms with van der Waals surface area (Å²) in [6.07, 6.45) is 5.53. The van der Waals surface area contributed by atoms with Crippen molar-refractivity contribution in [2.24, 2.45) is 7.05 Å². The van der Waals surface area contributed by atoms with Crippen molar-refractivity contribution in [1.82, 2.24) is 4.73 Å². The largest absolute Gasteiger partial charge is 0.357 e. The highest BCUT2D eigenvalue weighted by Crippen LogP contribution is 1.82. The van der Waals surface area contributed by atoms with E-state index in [2.05, 4.69) is 0 Å². The molecule has 1 heterocycles. The molecule has 0 aliphatic heterocycles. The number of imidazole rings is 1.